The minimum Gasteiger partial charge on any atom is -0.640 e. The zero-order valence-corrected chi connectivity index (χ0v) is 16.2. The van der Waals surface area contributed by atoms with Gasteiger partial charge in [-0.25, -0.2) is 4.52 Å². The molecule has 1 aliphatic heterocycles. The van der Waals surface area contributed by atoms with Crippen LogP contribution in [-0.2, 0) is 4.52 Å². The normalized spacial score (nSPS) is 48.5. The molecular weight excluding hydrogens is 317 g/mol. The average molecular weight is 346 g/mol. The van der Waals surface area contributed by atoms with Crippen molar-refractivity contribution in [3.8, 4) is 0 Å². The van der Waals surface area contributed by atoms with Gasteiger partial charge >= 0.3 is 0 Å². The smallest absolute Gasteiger partial charge is 0.198 e. The molecule has 2 aliphatic carbocycles. The molecule has 0 N–H and O–H groups in total. The minimum atomic E-state index is -3.04. The molecule has 2 saturated carbocycles. The first-order chi connectivity index (χ1) is 10.1. The van der Waals surface area contributed by atoms with Gasteiger partial charge in [0.1, 0.15) is 6.10 Å². The number of rotatable bonds is 3. The molecule has 0 aromatic heterocycles. The fourth-order valence-corrected chi connectivity index (χ4v) is 8.72. The largest absolute Gasteiger partial charge is 0.640 e. The highest BCUT2D eigenvalue weighted by atomic mass is 35.5. The highest BCUT2D eigenvalue weighted by Crippen LogP contribution is 2.79. The summed E-state index contributed by atoms with van der Waals surface area (Å²) in [4.78, 5) is 13.7. The summed E-state index contributed by atoms with van der Waals surface area (Å²) in [6, 6.07) is 0.414. The third-order valence-corrected chi connectivity index (χ3v) is 10.4. The lowest BCUT2D eigenvalue weighted by atomic mass is 9.70. The van der Waals surface area contributed by atoms with Crippen LogP contribution in [0.4, 0.5) is 0 Å². The van der Waals surface area contributed by atoms with Crippen LogP contribution < -0.4 is 4.89 Å². The van der Waals surface area contributed by atoms with Crippen LogP contribution in [0.5, 0.6) is 0 Å². The van der Waals surface area contributed by atoms with Gasteiger partial charge in [0.2, 0.25) is 0 Å². The monoisotopic (exact) mass is 345 g/mol. The molecule has 0 aromatic carbocycles. The quantitative estimate of drug-likeness (QED) is 0.437. The summed E-state index contributed by atoms with van der Waals surface area (Å²) in [7, 11) is -3.04. The summed E-state index contributed by atoms with van der Waals surface area (Å²) in [6.07, 6.45) is 6.09. The molecule has 3 fully saturated rings. The van der Waals surface area contributed by atoms with Crippen LogP contribution in [0.1, 0.15) is 54.4 Å². The zero-order valence-electron chi connectivity index (χ0n) is 14.5. The Balaban J connectivity index is 2.05. The van der Waals surface area contributed by atoms with Gasteiger partial charge in [-0.3, -0.25) is 0 Å². The summed E-state index contributed by atoms with van der Waals surface area (Å²) < 4.78 is 8.48. The van der Waals surface area contributed by atoms with Crippen LogP contribution in [0.25, 0.3) is 0 Å². The maximum atomic E-state index is 13.7. The SMILES string of the molecule is C/C=C/[C@@H](Cl)[P+]1([O-])O[C@@H]2[C@@H]([C@H]3CC[C@]2(C)C3(C)C)N1C(C)C. The molecule has 2 bridgehead atoms. The predicted octanol–water partition coefficient (Wildman–Crippen LogP) is 4.18. The topological polar surface area (TPSA) is 35.5 Å². The van der Waals surface area contributed by atoms with Crippen molar-refractivity contribution in [1.29, 1.82) is 0 Å². The molecule has 1 heterocycles. The van der Waals surface area contributed by atoms with E-state index in [9.17, 15) is 4.89 Å². The van der Waals surface area contributed by atoms with Crippen molar-refractivity contribution < 1.29 is 9.42 Å². The molecule has 3 aliphatic rings. The Labute approximate surface area is 140 Å². The molecule has 1 unspecified atom stereocenters. The summed E-state index contributed by atoms with van der Waals surface area (Å²) in [5.74, 6) is 0.537. The maximum Gasteiger partial charge on any atom is 0.198 e. The molecule has 126 valence electrons. The molecular formula is C17H29ClNO2P. The fraction of sp³-hybridized carbons (Fsp3) is 0.882. The van der Waals surface area contributed by atoms with Crippen molar-refractivity contribution in [1.82, 2.24) is 4.67 Å². The summed E-state index contributed by atoms with van der Waals surface area (Å²) >= 11 is 6.49. The Morgan fingerprint density at radius 1 is 1.36 bits per heavy atom. The Morgan fingerprint density at radius 2 is 2.00 bits per heavy atom. The predicted molar refractivity (Wildman–Crippen MR) is 91.6 cm³/mol. The fourth-order valence-electron chi connectivity index (χ4n) is 5.28. The van der Waals surface area contributed by atoms with Crippen molar-refractivity contribution in [3.63, 3.8) is 0 Å². The lowest BCUT2D eigenvalue weighted by Gasteiger charge is -2.42. The second kappa shape index (κ2) is 5.17. The first-order valence-electron chi connectivity index (χ1n) is 8.45. The minimum absolute atomic E-state index is 0.0426. The molecule has 0 amide bonds. The molecule has 0 spiro atoms. The lowest BCUT2D eigenvalue weighted by molar-refractivity contribution is -0.205. The third kappa shape index (κ3) is 1.90. The Kier molecular flexibility index (Phi) is 4.03. The van der Waals surface area contributed by atoms with Crippen molar-refractivity contribution in [2.45, 2.75) is 77.7 Å². The van der Waals surface area contributed by atoms with E-state index in [1.54, 1.807) is 0 Å². The standard InChI is InChI=1S/C17H29ClNO2P/c1-7-8-13(18)22(20)19(11(2)3)14-12-9-10-17(6,15(14)21-22)16(12,4)5/h7-8,11-15H,9-10H2,1-6H3/b8-7+/t12-,13+,14-,15-,17+,22?/m1/s1. The average Bonchev–Trinajstić information content (AvgIpc) is 2.90. The summed E-state index contributed by atoms with van der Waals surface area (Å²) in [5, 5.41) is -0.559. The van der Waals surface area contributed by atoms with Crippen molar-refractivity contribution in [2.24, 2.45) is 16.7 Å². The van der Waals surface area contributed by atoms with E-state index >= 15 is 0 Å². The Hall–Kier alpha value is 0.340. The van der Waals surface area contributed by atoms with Gasteiger partial charge in [-0.2, -0.15) is 0 Å². The van der Waals surface area contributed by atoms with Gasteiger partial charge in [-0.05, 0) is 51.0 Å². The van der Waals surface area contributed by atoms with Crippen LogP contribution in [0, 0.1) is 16.7 Å². The molecule has 6 atom stereocenters. The van der Waals surface area contributed by atoms with Gasteiger partial charge in [0.05, 0.1) is 6.04 Å². The van der Waals surface area contributed by atoms with E-state index in [0.717, 1.165) is 6.42 Å². The van der Waals surface area contributed by atoms with Crippen LogP contribution in [-0.4, -0.2) is 28.0 Å². The van der Waals surface area contributed by atoms with Crippen LogP contribution in [0.3, 0.4) is 0 Å². The van der Waals surface area contributed by atoms with E-state index in [0.29, 0.717) is 5.92 Å². The second-order valence-electron chi connectivity index (χ2n) is 8.24. The second-order valence-corrected chi connectivity index (χ2v) is 11.4. The van der Waals surface area contributed by atoms with Crippen molar-refractivity contribution >= 4 is 19.5 Å². The van der Waals surface area contributed by atoms with Gasteiger partial charge in [-0.1, -0.05) is 38.4 Å². The molecule has 5 heteroatoms. The molecule has 1 saturated heterocycles. The van der Waals surface area contributed by atoms with E-state index in [1.807, 2.05) is 19.1 Å². The van der Waals surface area contributed by atoms with E-state index in [1.165, 1.54) is 6.42 Å². The Morgan fingerprint density at radius 3 is 2.55 bits per heavy atom. The number of hydrogen-bond acceptors (Lipinski definition) is 3. The number of allylic oxidation sites excluding steroid dienone is 2. The third-order valence-electron chi connectivity index (χ3n) is 6.81. The van der Waals surface area contributed by atoms with Crippen LogP contribution >= 0.6 is 19.5 Å². The molecule has 0 radical (unpaired) electrons. The molecule has 3 rings (SSSR count). The van der Waals surface area contributed by atoms with Gasteiger partial charge in [0.15, 0.2) is 13.0 Å². The summed E-state index contributed by atoms with van der Waals surface area (Å²) in [6.45, 7) is 13.2. The number of alkyl halides is 1. The van der Waals surface area contributed by atoms with Crippen LogP contribution in [0.15, 0.2) is 12.2 Å². The van der Waals surface area contributed by atoms with Gasteiger partial charge < -0.3 is 4.89 Å². The molecule has 0 aromatic rings. The van der Waals surface area contributed by atoms with Gasteiger partial charge in [0.25, 0.3) is 0 Å². The number of halogens is 1. The van der Waals surface area contributed by atoms with E-state index in [-0.39, 0.29) is 29.0 Å². The van der Waals surface area contributed by atoms with E-state index in [4.69, 9.17) is 16.1 Å². The first kappa shape index (κ1) is 17.2. The van der Waals surface area contributed by atoms with Crippen molar-refractivity contribution in [3.05, 3.63) is 12.2 Å². The number of fused-ring (bicyclic) bond motifs is 5. The first-order valence-corrected chi connectivity index (χ1v) is 10.5. The highest BCUT2D eigenvalue weighted by molar-refractivity contribution is 7.64. The number of nitrogens with zero attached hydrogens (tertiary/aromatic N) is 1. The van der Waals surface area contributed by atoms with Crippen molar-refractivity contribution in [2.75, 3.05) is 0 Å². The van der Waals surface area contributed by atoms with E-state index < -0.39 is 13.0 Å². The highest BCUT2D eigenvalue weighted by Gasteiger charge is 2.76. The maximum absolute atomic E-state index is 13.7. The van der Waals surface area contributed by atoms with Gasteiger partial charge in [0, 0.05) is 11.5 Å². The zero-order chi connectivity index (χ0) is 16.5. The number of hydrogen-bond donors (Lipinski definition) is 0. The molecule has 3 nitrogen and oxygen atoms in total. The summed E-state index contributed by atoms with van der Waals surface area (Å²) in [5.41, 5.74) is 0.317. The molecule has 22 heavy (non-hydrogen) atoms. The van der Waals surface area contributed by atoms with Gasteiger partial charge in [-0.15, -0.1) is 4.67 Å². The van der Waals surface area contributed by atoms with E-state index in [2.05, 4.69) is 39.3 Å². The Bertz CT molecular complexity index is 497. The van der Waals surface area contributed by atoms with Crippen LogP contribution in [0.2, 0.25) is 0 Å². The lowest BCUT2D eigenvalue weighted by Crippen LogP contribution is -2.46.